The van der Waals surface area contributed by atoms with Gasteiger partial charge in [-0.25, -0.2) is 9.97 Å². The zero-order valence-corrected chi connectivity index (χ0v) is 17.8. The molecule has 0 unspecified atom stereocenters. The van der Waals surface area contributed by atoms with E-state index in [2.05, 4.69) is 15.3 Å². The lowest BCUT2D eigenvalue weighted by molar-refractivity contribution is -0.142. The quantitative estimate of drug-likeness (QED) is 0.516. The predicted molar refractivity (Wildman–Crippen MR) is 114 cm³/mol. The molecule has 0 radical (unpaired) electrons. The minimum atomic E-state index is -0.335. The molecule has 1 amide bonds. The van der Waals surface area contributed by atoms with Crippen molar-refractivity contribution < 1.29 is 19.1 Å². The summed E-state index contributed by atoms with van der Waals surface area (Å²) in [6.07, 6.45) is 0.231. The van der Waals surface area contributed by atoms with Gasteiger partial charge in [0.1, 0.15) is 10.8 Å². The molecule has 0 aliphatic rings. The van der Waals surface area contributed by atoms with E-state index in [9.17, 15) is 9.59 Å². The zero-order valence-electron chi connectivity index (χ0n) is 16.1. The van der Waals surface area contributed by atoms with Crippen molar-refractivity contribution in [2.24, 2.45) is 0 Å². The first-order valence-corrected chi connectivity index (χ1v) is 10.9. The molecular weight excluding hydrogens is 410 g/mol. The predicted octanol–water partition coefficient (Wildman–Crippen LogP) is 3.95. The molecule has 0 aliphatic carbocycles. The Morgan fingerprint density at radius 2 is 1.76 bits per heavy atom. The van der Waals surface area contributed by atoms with Crippen LogP contribution in [0.3, 0.4) is 0 Å². The number of benzene rings is 1. The van der Waals surface area contributed by atoms with Crippen molar-refractivity contribution in [3.63, 3.8) is 0 Å². The number of hydrogen-bond donors (Lipinski definition) is 1. The Bertz CT molecular complexity index is 984. The second kappa shape index (κ2) is 10.1. The number of rotatable bonds is 9. The lowest BCUT2D eigenvalue weighted by atomic mass is 10.2. The average molecular weight is 432 g/mol. The maximum absolute atomic E-state index is 12.3. The van der Waals surface area contributed by atoms with Gasteiger partial charge in [-0.05, 0) is 26.0 Å². The number of carbonyl (C=O) groups is 2. The summed E-state index contributed by atoms with van der Waals surface area (Å²) in [6.45, 7) is 4.59. The van der Waals surface area contributed by atoms with Crippen molar-refractivity contribution in [2.75, 3.05) is 18.5 Å². The van der Waals surface area contributed by atoms with E-state index in [1.807, 2.05) is 36.6 Å². The third-order valence-electron chi connectivity index (χ3n) is 3.74. The normalized spacial score (nSPS) is 10.6. The molecule has 9 heteroatoms. The Kier molecular flexibility index (Phi) is 7.31. The summed E-state index contributed by atoms with van der Waals surface area (Å²) >= 11 is 2.74. The second-order valence-electron chi connectivity index (χ2n) is 5.92. The van der Waals surface area contributed by atoms with Crippen LogP contribution in [0.2, 0.25) is 0 Å². The zero-order chi connectivity index (χ0) is 20.6. The highest BCUT2D eigenvalue weighted by molar-refractivity contribution is 7.14. The number of nitrogens with one attached hydrogen (secondary N) is 1. The molecule has 0 aliphatic heterocycles. The molecule has 0 fully saturated rings. The highest BCUT2D eigenvalue weighted by atomic mass is 32.1. The second-order valence-corrected chi connectivity index (χ2v) is 7.64. The lowest BCUT2D eigenvalue weighted by Crippen LogP contribution is -2.14. The third kappa shape index (κ3) is 5.85. The van der Waals surface area contributed by atoms with Gasteiger partial charge in [-0.2, -0.15) is 0 Å². The summed E-state index contributed by atoms with van der Waals surface area (Å²) in [5, 5.41) is 7.61. The van der Waals surface area contributed by atoms with E-state index in [1.54, 1.807) is 12.3 Å². The summed E-state index contributed by atoms with van der Waals surface area (Å²) in [4.78, 5) is 32.7. The van der Waals surface area contributed by atoms with Gasteiger partial charge in [0.2, 0.25) is 5.91 Å². The van der Waals surface area contributed by atoms with Crippen LogP contribution in [0.25, 0.3) is 10.6 Å². The van der Waals surface area contributed by atoms with Gasteiger partial charge in [-0.1, -0.05) is 12.1 Å². The maximum atomic E-state index is 12.3. The maximum Gasteiger partial charge on any atom is 0.311 e. The Morgan fingerprint density at radius 1 is 1.00 bits per heavy atom. The van der Waals surface area contributed by atoms with E-state index in [0.717, 1.165) is 16.3 Å². The molecule has 7 nitrogen and oxygen atoms in total. The standard InChI is InChI=1S/C20H21N3O4S2/c1-3-26-16-8-6-5-7-15(16)19-21-13(11-28-19)9-17(24)23-20-22-14(12-29-20)10-18(25)27-4-2/h5-8,11-12H,3-4,9-10H2,1-2H3,(H,22,23,24). The number of ether oxygens (including phenoxy) is 2. The highest BCUT2D eigenvalue weighted by Crippen LogP contribution is 2.32. The Balaban J connectivity index is 1.60. The highest BCUT2D eigenvalue weighted by Gasteiger charge is 2.14. The van der Waals surface area contributed by atoms with E-state index in [1.165, 1.54) is 22.7 Å². The summed E-state index contributed by atoms with van der Waals surface area (Å²) in [5.74, 6) is 0.229. The van der Waals surface area contributed by atoms with Crippen molar-refractivity contribution in [3.05, 3.63) is 46.4 Å². The van der Waals surface area contributed by atoms with Crippen molar-refractivity contribution >= 4 is 39.7 Å². The summed E-state index contributed by atoms with van der Waals surface area (Å²) in [7, 11) is 0. The van der Waals surface area contributed by atoms with Gasteiger partial charge >= 0.3 is 5.97 Å². The largest absolute Gasteiger partial charge is 0.493 e. The van der Waals surface area contributed by atoms with Crippen LogP contribution >= 0.6 is 22.7 Å². The van der Waals surface area contributed by atoms with Gasteiger partial charge in [0, 0.05) is 10.8 Å². The Labute approximate surface area is 176 Å². The smallest absolute Gasteiger partial charge is 0.311 e. The van der Waals surface area contributed by atoms with Crippen molar-refractivity contribution in [1.82, 2.24) is 9.97 Å². The number of aromatic nitrogens is 2. The first kappa shape index (κ1) is 20.9. The van der Waals surface area contributed by atoms with Crippen molar-refractivity contribution in [3.8, 4) is 16.3 Å². The van der Waals surface area contributed by atoms with Gasteiger partial charge in [0.25, 0.3) is 0 Å². The number of nitrogens with zero attached hydrogens (tertiary/aromatic N) is 2. The topological polar surface area (TPSA) is 90.4 Å². The van der Waals surface area contributed by atoms with Crippen LogP contribution < -0.4 is 10.1 Å². The van der Waals surface area contributed by atoms with E-state index < -0.39 is 0 Å². The fraction of sp³-hybridized carbons (Fsp3) is 0.300. The molecule has 0 saturated heterocycles. The number of anilines is 1. The van der Waals surface area contributed by atoms with Crippen LogP contribution in [0.4, 0.5) is 5.13 Å². The molecule has 3 rings (SSSR count). The van der Waals surface area contributed by atoms with Gasteiger partial charge < -0.3 is 14.8 Å². The molecule has 0 atom stereocenters. The van der Waals surface area contributed by atoms with Gasteiger partial charge in [-0.15, -0.1) is 22.7 Å². The van der Waals surface area contributed by atoms with E-state index in [0.29, 0.717) is 29.7 Å². The van der Waals surface area contributed by atoms with Crippen LogP contribution in [-0.2, 0) is 27.2 Å². The minimum Gasteiger partial charge on any atom is -0.493 e. The average Bonchev–Trinajstić information content (AvgIpc) is 3.32. The Hall–Kier alpha value is -2.78. The number of esters is 1. The van der Waals surface area contributed by atoms with Crippen LogP contribution in [0, 0.1) is 0 Å². The number of thiazole rings is 2. The first-order chi connectivity index (χ1) is 14.1. The molecule has 2 aromatic heterocycles. The van der Waals surface area contributed by atoms with Crippen LogP contribution in [-0.4, -0.2) is 35.1 Å². The fourth-order valence-electron chi connectivity index (χ4n) is 2.57. The molecule has 0 spiro atoms. The molecule has 1 aromatic carbocycles. The molecule has 0 saturated carbocycles. The molecule has 1 N–H and O–H groups in total. The number of carbonyl (C=O) groups excluding carboxylic acids is 2. The minimum absolute atomic E-state index is 0.0922. The van der Waals surface area contributed by atoms with Crippen molar-refractivity contribution in [1.29, 1.82) is 0 Å². The molecule has 29 heavy (non-hydrogen) atoms. The Morgan fingerprint density at radius 3 is 2.55 bits per heavy atom. The SMILES string of the molecule is CCOC(=O)Cc1csc(NC(=O)Cc2csc(-c3ccccc3OCC)n2)n1. The van der Waals surface area contributed by atoms with Crippen LogP contribution in [0.5, 0.6) is 5.75 Å². The van der Waals surface area contributed by atoms with E-state index in [4.69, 9.17) is 9.47 Å². The third-order valence-corrected chi connectivity index (χ3v) is 5.47. The lowest BCUT2D eigenvalue weighted by Gasteiger charge is -2.07. The fourth-order valence-corrected chi connectivity index (χ4v) is 4.15. The molecule has 3 aromatic rings. The van der Waals surface area contributed by atoms with Gasteiger partial charge in [0.15, 0.2) is 5.13 Å². The summed E-state index contributed by atoms with van der Waals surface area (Å²) in [5.41, 5.74) is 2.17. The molecule has 2 heterocycles. The first-order valence-electron chi connectivity index (χ1n) is 9.15. The van der Waals surface area contributed by atoms with Gasteiger partial charge in [-0.3, -0.25) is 9.59 Å². The van der Waals surface area contributed by atoms with E-state index in [-0.39, 0.29) is 24.7 Å². The molecular formula is C20H21N3O4S2. The van der Waals surface area contributed by atoms with E-state index >= 15 is 0 Å². The van der Waals surface area contributed by atoms with Crippen molar-refractivity contribution in [2.45, 2.75) is 26.7 Å². The molecule has 152 valence electrons. The summed E-state index contributed by atoms with van der Waals surface area (Å²) in [6, 6.07) is 7.71. The number of amides is 1. The molecule has 0 bridgehead atoms. The number of hydrogen-bond acceptors (Lipinski definition) is 8. The number of para-hydroxylation sites is 1. The van der Waals surface area contributed by atoms with Crippen LogP contribution in [0.15, 0.2) is 35.0 Å². The summed E-state index contributed by atoms with van der Waals surface area (Å²) < 4.78 is 10.6. The van der Waals surface area contributed by atoms with Crippen LogP contribution in [0.1, 0.15) is 25.2 Å². The van der Waals surface area contributed by atoms with Gasteiger partial charge in [0.05, 0.1) is 43.0 Å². The monoisotopic (exact) mass is 431 g/mol.